The molecule has 1 saturated heterocycles. The Bertz CT molecular complexity index is 797. The Labute approximate surface area is 163 Å². The van der Waals surface area contributed by atoms with Crippen LogP contribution in [0.4, 0.5) is 4.39 Å². The topological polar surface area (TPSA) is 72.6 Å². The molecule has 3 rings (SSSR count). The molecule has 7 heteroatoms. The number of nitrogens with zero attached hydrogens (tertiary/aromatic N) is 2. The molecule has 1 aromatic heterocycles. The summed E-state index contributed by atoms with van der Waals surface area (Å²) >= 11 is 0. The van der Waals surface area contributed by atoms with Gasteiger partial charge in [-0.05, 0) is 25.0 Å². The molecule has 2 aromatic rings. The van der Waals surface area contributed by atoms with Crippen LogP contribution in [0.2, 0.25) is 0 Å². The van der Waals surface area contributed by atoms with Crippen molar-refractivity contribution in [1.29, 1.82) is 0 Å². The van der Waals surface area contributed by atoms with Gasteiger partial charge in [0.1, 0.15) is 5.82 Å². The van der Waals surface area contributed by atoms with Gasteiger partial charge in [0.25, 0.3) is 5.91 Å². The number of aromatic nitrogens is 1. The lowest BCUT2D eigenvalue weighted by Gasteiger charge is -2.24. The molecule has 28 heavy (non-hydrogen) atoms. The molecule has 150 valence electrons. The number of amides is 1. The fraction of sp³-hybridized carbons (Fsp3) is 0.476. The first-order chi connectivity index (χ1) is 13.6. The number of halogens is 1. The van der Waals surface area contributed by atoms with Gasteiger partial charge in [0, 0.05) is 19.5 Å². The van der Waals surface area contributed by atoms with E-state index < -0.39 is 11.8 Å². The Hall–Kier alpha value is -2.70. The van der Waals surface area contributed by atoms with Crippen LogP contribution in [0.1, 0.15) is 44.4 Å². The number of ether oxygens (including phenoxy) is 1. The van der Waals surface area contributed by atoms with Crippen molar-refractivity contribution in [3.05, 3.63) is 42.2 Å². The molecule has 0 N–H and O–H groups in total. The van der Waals surface area contributed by atoms with Crippen molar-refractivity contribution in [3.63, 3.8) is 0 Å². The Morgan fingerprint density at radius 2 is 1.82 bits per heavy atom. The Morgan fingerprint density at radius 3 is 2.57 bits per heavy atom. The molecule has 0 radical (unpaired) electrons. The average molecular weight is 388 g/mol. The molecule has 1 amide bonds. The van der Waals surface area contributed by atoms with Crippen molar-refractivity contribution in [1.82, 2.24) is 9.88 Å². The summed E-state index contributed by atoms with van der Waals surface area (Å²) in [6, 6.07) is 6.25. The minimum Gasteiger partial charge on any atom is -0.456 e. The van der Waals surface area contributed by atoms with Gasteiger partial charge in [0.2, 0.25) is 0 Å². The largest absolute Gasteiger partial charge is 0.456 e. The SMILES string of the molecule is O=C(CCc1ncc(-c2ccccc2F)o1)OCC(=O)N1CCCCCCC1. The molecule has 1 aliphatic heterocycles. The van der Waals surface area contributed by atoms with Crippen LogP contribution >= 0.6 is 0 Å². The van der Waals surface area contributed by atoms with Gasteiger partial charge in [0.05, 0.1) is 18.2 Å². The second kappa shape index (κ2) is 10.0. The summed E-state index contributed by atoms with van der Waals surface area (Å²) in [5.74, 6) is -0.384. The number of aryl methyl sites for hydroxylation is 1. The van der Waals surface area contributed by atoms with Gasteiger partial charge in [-0.3, -0.25) is 9.59 Å². The van der Waals surface area contributed by atoms with E-state index in [9.17, 15) is 14.0 Å². The standard InChI is InChI=1S/C21H25FN2O4/c22-17-9-5-4-8-16(17)18-14-23-19(28-18)10-11-21(26)27-15-20(25)24-12-6-2-1-3-7-13-24/h4-5,8-9,14H,1-3,6-7,10-13,15H2. The van der Waals surface area contributed by atoms with E-state index in [1.807, 2.05) is 0 Å². The summed E-state index contributed by atoms with van der Waals surface area (Å²) < 4.78 is 24.4. The molecule has 1 aromatic carbocycles. The second-order valence-corrected chi connectivity index (χ2v) is 6.91. The molecule has 0 bridgehead atoms. The maximum Gasteiger partial charge on any atom is 0.306 e. The molecule has 0 aliphatic carbocycles. The van der Waals surface area contributed by atoms with Gasteiger partial charge in [0.15, 0.2) is 18.3 Å². The second-order valence-electron chi connectivity index (χ2n) is 6.91. The third-order valence-electron chi connectivity index (χ3n) is 4.80. The normalized spacial score (nSPS) is 15.0. The van der Waals surface area contributed by atoms with E-state index in [-0.39, 0.29) is 25.4 Å². The molecule has 1 fully saturated rings. The average Bonchev–Trinajstić information content (AvgIpc) is 3.13. The van der Waals surface area contributed by atoms with Gasteiger partial charge < -0.3 is 14.1 Å². The molecular formula is C21H25FN2O4. The highest BCUT2D eigenvalue weighted by Gasteiger charge is 2.17. The van der Waals surface area contributed by atoms with E-state index in [0.29, 0.717) is 17.2 Å². The molecule has 0 saturated carbocycles. The molecule has 0 spiro atoms. The maximum atomic E-state index is 13.8. The third kappa shape index (κ3) is 5.65. The van der Waals surface area contributed by atoms with Crippen molar-refractivity contribution in [2.75, 3.05) is 19.7 Å². The maximum absolute atomic E-state index is 13.8. The molecule has 0 atom stereocenters. The highest BCUT2D eigenvalue weighted by molar-refractivity contribution is 5.80. The zero-order chi connectivity index (χ0) is 19.8. The van der Waals surface area contributed by atoms with Gasteiger partial charge in [-0.1, -0.05) is 31.4 Å². The fourth-order valence-corrected chi connectivity index (χ4v) is 3.22. The summed E-state index contributed by atoms with van der Waals surface area (Å²) in [5.41, 5.74) is 0.322. The fourth-order valence-electron chi connectivity index (χ4n) is 3.22. The van der Waals surface area contributed by atoms with Crippen molar-refractivity contribution in [3.8, 4) is 11.3 Å². The number of benzene rings is 1. The Kier molecular flexibility index (Phi) is 7.17. The smallest absolute Gasteiger partial charge is 0.306 e. The van der Waals surface area contributed by atoms with Crippen LogP contribution in [0, 0.1) is 5.82 Å². The number of hydrogen-bond acceptors (Lipinski definition) is 5. The van der Waals surface area contributed by atoms with E-state index in [4.69, 9.17) is 9.15 Å². The number of esters is 1. The van der Waals surface area contributed by atoms with Gasteiger partial charge in [-0.2, -0.15) is 0 Å². The lowest BCUT2D eigenvalue weighted by atomic mass is 10.1. The number of hydrogen-bond donors (Lipinski definition) is 0. The van der Waals surface area contributed by atoms with Crippen molar-refractivity contribution in [2.24, 2.45) is 0 Å². The van der Waals surface area contributed by atoms with Crippen LogP contribution in [0.5, 0.6) is 0 Å². The van der Waals surface area contributed by atoms with E-state index in [1.165, 1.54) is 18.7 Å². The van der Waals surface area contributed by atoms with E-state index in [0.717, 1.165) is 38.8 Å². The highest BCUT2D eigenvalue weighted by Crippen LogP contribution is 2.23. The first-order valence-corrected chi connectivity index (χ1v) is 9.76. The van der Waals surface area contributed by atoms with Crippen LogP contribution in [0.15, 0.2) is 34.9 Å². The predicted molar refractivity (Wildman–Crippen MR) is 101 cm³/mol. The number of carbonyl (C=O) groups excluding carboxylic acids is 2. The summed E-state index contributed by atoms with van der Waals surface area (Å²) in [6.45, 7) is 1.22. The van der Waals surface area contributed by atoms with E-state index >= 15 is 0 Å². The van der Waals surface area contributed by atoms with Gasteiger partial charge >= 0.3 is 5.97 Å². The molecule has 6 nitrogen and oxygen atoms in total. The summed E-state index contributed by atoms with van der Waals surface area (Å²) in [5, 5.41) is 0. The van der Waals surface area contributed by atoms with E-state index in [1.54, 1.807) is 23.1 Å². The summed E-state index contributed by atoms with van der Waals surface area (Å²) in [7, 11) is 0. The van der Waals surface area contributed by atoms with Gasteiger partial charge in [-0.25, -0.2) is 9.37 Å². The number of rotatable bonds is 6. The molecule has 0 unspecified atom stereocenters. The zero-order valence-corrected chi connectivity index (χ0v) is 15.9. The van der Waals surface area contributed by atoms with Crippen molar-refractivity contribution >= 4 is 11.9 Å². The Morgan fingerprint density at radius 1 is 1.11 bits per heavy atom. The quantitative estimate of drug-likeness (QED) is 0.705. The third-order valence-corrected chi connectivity index (χ3v) is 4.80. The number of carbonyl (C=O) groups is 2. The van der Waals surface area contributed by atoms with Crippen LogP contribution < -0.4 is 0 Å². The van der Waals surface area contributed by atoms with Crippen LogP contribution in [0.25, 0.3) is 11.3 Å². The minimum atomic E-state index is -0.481. The molecule has 1 aliphatic rings. The van der Waals surface area contributed by atoms with Crippen LogP contribution in [-0.2, 0) is 20.7 Å². The molecular weight excluding hydrogens is 363 g/mol. The lowest BCUT2D eigenvalue weighted by Crippen LogP contribution is -2.36. The lowest BCUT2D eigenvalue weighted by molar-refractivity contribution is -0.152. The first-order valence-electron chi connectivity index (χ1n) is 9.76. The monoisotopic (exact) mass is 388 g/mol. The van der Waals surface area contributed by atoms with Gasteiger partial charge in [-0.15, -0.1) is 0 Å². The zero-order valence-electron chi connectivity index (χ0n) is 15.9. The van der Waals surface area contributed by atoms with Crippen LogP contribution in [-0.4, -0.2) is 41.5 Å². The number of likely N-dealkylation sites (tertiary alicyclic amines) is 1. The summed E-state index contributed by atoms with van der Waals surface area (Å²) in [4.78, 5) is 30.0. The first kappa shape index (κ1) is 20.0. The van der Waals surface area contributed by atoms with E-state index in [2.05, 4.69) is 4.98 Å². The predicted octanol–water partition coefficient (Wildman–Crippen LogP) is 3.75. The molecule has 2 heterocycles. The minimum absolute atomic E-state index is 0.0461. The van der Waals surface area contributed by atoms with Crippen LogP contribution in [0.3, 0.4) is 0 Å². The summed E-state index contributed by atoms with van der Waals surface area (Å²) in [6.07, 6.45) is 7.18. The van der Waals surface area contributed by atoms with Crippen molar-refractivity contribution in [2.45, 2.75) is 44.9 Å². The highest BCUT2D eigenvalue weighted by atomic mass is 19.1. The number of oxazole rings is 1. The van der Waals surface area contributed by atoms with Crippen molar-refractivity contribution < 1.29 is 23.1 Å². The Balaban J connectivity index is 1.43.